The number of aliphatic hydroxyl groups is 1. The number of ether oxygens (including phenoxy) is 1. The van der Waals surface area contributed by atoms with Gasteiger partial charge in [-0.1, -0.05) is 32.0 Å². The Kier molecular flexibility index (Phi) is 7.29. The number of nitrogens with one attached hydrogen (secondary N) is 1. The van der Waals surface area contributed by atoms with E-state index in [0.717, 1.165) is 44.0 Å². The van der Waals surface area contributed by atoms with Crippen LogP contribution in [-0.4, -0.2) is 50.5 Å². The second kappa shape index (κ2) is 9.89. The summed E-state index contributed by atoms with van der Waals surface area (Å²) in [6.07, 6.45) is 0.572. The summed E-state index contributed by atoms with van der Waals surface area (Å²) < 4.78 is 19.0. The first-order valence-corrected chi connectivity index (χ1v) is 10.3. The molecule has 1 saturated heterocycles. The summed E-state index contributed by atoms with van der Waals surface area (Å²) in [6, 6.07) is 14.8. The van der Waals surface area contributed by atoms with Crippen LogP contribution in [-0.2, 0) is 0 Å². The van der Waals surface area contributed by atoms with Crippen molar-refractivity contribution in [3.05, 3.63) is 59.9 Å². The lowest BCUT2D eigenvalue weighted by molar-refractivity contribution is -0.903. The molecule has 2 N–H and O–H groups in total. The molecule has 1 aliphatic heterocycles. The van der Waals surface area contributed by atoms with Crippen LogP contribution in [0.5, 0.6) is 5.75 Å². The Balaban J connectivity index is 1.45. The van der Waals surface area contributed by atoms with Crippen LogP contribution in [0, 0.1) is 5.82 Å². The van der Waals surface area contributed by atoms with Crippen LogP contribution in [0.1, 0.15) is 31.7 Å². The van der Waals surface area contributed by atoms with Gasteiger partial charge in [0, 0.05) is 5.69 Å². The van der Waals surface area contributed by atoms with Gasteiger partial charge in [0.25, 0.3) is 0 Å². The zero-order chi connectivity index (χ0) is 19.9. The topological polar surface area (TPSA) is 37.1 Å². The molecule has 0 aliphatic carbocycles. The predicted molar refractivity (Wildman–Crippen MR) is 111 cm³/mol. The van der Waals surface area contributed by atoms with Gasteiger partial charge in [0.1, 0.15) is 30.8 Å². The van der Waals surface area contributed by atoms with Gasteiger partial charge in [-0.2, -0.15) is 0 Å². The van der Waals surface area contributed by atoms with E-state index in [2.05, 4.69) is 24.8 Å². The molecule has 0 radical (unpaired) electrons. The Morgan fingerprint density at radius 3 is 2.46 bits per heavy atom. The number of quaternary nitrogens is 1. The first-order valence-electron chi connectivity index (χ1n) is 10.3. The van der Waals surface area contributed by atoms with Crippen molar-refractivity contribution >= 4 is 5.69 Å². The highest BCUT2D eigenvalue weighted by Gasteiger charge is 2.23. The third-order valence-corrected chi connectivity index (χ3v) is 5.68. The van der Waals surface area contributed by atoms with Crippen molar-refractivity contribution in [3.8, 4) is 5.75 Å². The Labute approximate surface area is 167 Å². The van der Waals surface area contributed by atoms with E-state index in [0.29, 0.717) is 19.1 Å². The van der Waals surface area contributed by atoms with Gasteiger partial charge < -0.3 is 19.6 Å². The van der Waals surface area contributed by atoms with Crippen LogP contribution in [0.4, 0.5) is 10.1 Å². The minimum absolute atomic E-state index is 0.203. The molecule has 3 rings (SSSR count). The van der Waals surface area contributed by atoms with E-state index in [9.17, 15) is 9.50 Å². The average molecular weight is 388 g/mol. The van der Waals surface area contributed by atoms with E-state index in [-0.39, 0.29) is 5.82 Å². The first kappa shape index (κ1) is 20.6. The summed E-state index contributed by atoms with van der Waals surface area (Å²) >= 11 is 0. The molecule has 28 heavy (non-hydrogen) atoms. The molecule has 2 aromatic rings. The van der Waals surface area contributed by atoms with Crippen LogP contribution in [0.2, 0.25) is 0 Å². The van der Waals surface area contributed by atoms with Crippen LogP contribution >= 0.6 is 0 Å². The molecule has 1 fully saturated rings. The molecule has 5 heteroatoms. The Bertz CT molecular complexity index is 730. The number of rotatable bonds is 8. The number of hydrogen-bond acceptors (Lipinski definition) is 3. The van der Waals surface area contributed by atoms with E-state index in [1.807, 2.05) is 30.3 Å². The normalized spacial score (nSPS) is 17.4. The lowest BCUT2D eigenvalue weighted by atomic mass is 9.98. The SMILES string of the molecule is CC[C@H](C)c1ccccc1OC[C@@H](O)C[NH+]1CCN(c2ccc(F)cc2)CC1. The minimum Gasteiger partial charge on any atom is -0.490 e. The summed E-state index contributed by atoms with van der Waals surface area (Å²) in [5.41, 5.74) is 2.27. The van der Waals surface area contributed by atoms with Gasteiger partial charge in [0.05, 0.1) is 26.2 Å². The molecule has 2 aromatic carbocycles. The molecule has 152 valence electrons. The van der Waals surface area contributed by atoms with Crippen molar-refractivity contribution in [1.29, 1.82) is 0 Å². The fourth-order valence-electron chi connectivity index (χ4n) is 3.75. The smallest absolute Gasteiger partial charge is 0.137 e. The second-order valence-corrected chi connectivity index (χ2v) is 7.73. The fraction of sp³-hybridized carbons (Fsp3) is 0.478. The molecule has 0 spiro atoms. The number of nitrogens with zero attached hydrogens (tertiary/aromatic N) is 1. The lowest BCUT2D eigenvalue weighted by Gasteiger charge is -2.34. The van der Waals surface area contributed by atoms with Gasteiger partial charge in [-0.15, -0.1) is 0 Å². The molecule has 0 amide bonds. The number of aliphatic hydroxyl groups excluding tert-OH is 1. The zero-order valence-corrected chi connectivity index (χ0v) is 16.9. The number of hydrogen-bond donors (Lipinski definition) is 2. The minimum atomic E-state index is -0.489. The molecule has 0 unspecified atom stereocenters. The van der Waals surface area contributed by atoms with Gasteiger partial charge in [-0.3, -0.25) is 0 Å². The summed E-state index contributed by atoms with van der Waals surface area (Å²) in [4.78, 5) is 3.65. The van der Waals surface area contributed by atoms with Gasteiger partial charge in [0.2, 0.25) is 0 Å². The molecule has 0 bridgehead atoms. The number of para-hydroxylation sites is 1. The van der Waals surface area contributed by atoms with Crippen molar-refractivity contribution in [2.45, 2.75) is 32.3 Å². The molecule has 2 atom stereocenters. The summed E-state index contributed by atoms with van der Waals surface area (Å²) in [7, 11) is 0. The van der Waals surface area contributed by atoms with Crippen molar-refractivity contribution in [1.82, 2.24) is 0 Å². The molecule has 0 aromatic heterocycles. The number of piperazine rings is 1. The summed E-state index contributed by atoms with van der Waals surface area (Å²) in [5.74, 6) is 1.12. The fourth-order valence-corrected chi connectivity index (χ4v) is 3.75. The average Bonchev–Trinajstić information content (AvgIpc) is 2.73. The molecule has 4 nitrogen and oxygen atoms in total. The second-order valence-electron chi connectivity index (χ2n) is 7.73. The molecular formula is C23H32FN2O2+. The molecule has 1 heterocycles. The van der Waals surface area contributed by atoms with Crippen molar-refractivity contribution in [2.24, 2.45) is 0 Å². The maximum absolute atomic E-state index is 13.1. The zero-order valence-electron chi connectivity index (χ0n) is 16.9. The van der Waals surface area contributed by atoms with Crippen molar-refractivity contribution in [3.63, 3.8) is 0 Å². The Morgan fingerprint density at radius 1 is 1.11 bits per heavy atom. The Hall–Kier alpha value is -2.11. The van der Waals surface area contributed by atoms with Crippen LogP contribution < -0.4 is 14.5 Å². The maximum atomic E-state index is 13.1. The van der Waals surface area contributed by atoms with Crippen molar-refractivity contribution < 1.29 is 19.1 Å². The quantitative estimate of drug-likeness (QED) is 0.731. The summed E-state index contributed by atoms with van der Waals surface area (Å²) in [5, 5.41) is 10.5. The monoisotopic (exact) mass is 387 g/mol. The number of benzene rings is 2. The predicted octanol–water partition coefficient (Wildman–Crippen LogP) is 2.48. The highest BCUT2D eigenvalue weighted by atomic mass is 19.1. The standard InChI is InChI=1S/C23H31FN2O2/c1-3-18(2)22-6-4-5-7-23(22)28-17-21(27)16-25-12-14-26(15-13-25)20-10-8-19(24)9-11-20/h4-11,18,21,27H,3,12-17H2,1-2H3/p+1/t18-,21-/m0/s1. The van der Waals surface area contributed by atoms with Gasteiger partial charge in [-0.05, 0) is 48.2 Å². The summed E-state index contributed by atoms with van der Waals surface area (Å²) in [6.45, 7) is 9.10. The van der Waals surface area contributed by atoms with Gasteiger partial charge in [-0.25, -0.2) is 4.39 Å². The van der Waals surface area contributed by atoms with E-state index in [1.54, 1.807) is 0 Å². The maximum Gasteiger partial charge on any atom is 0.137 e. The highest BCUT2D eigenvalue weighted by molar-refractivity contribution is 5.46. The van der Waals surface area contributed by atoms with E-state index in [4.69, 9.17) is 4.74 Å². The third-order valence-electron chi connectivity index (χ3n) is 5.68. The molecule has 1 aliphatic rings. The largest absolute Gasteiger partial charge is 0.490 e. The van der Waals surface area contributed by atoms with Crippen LogP contribution in [0.3, 0.4) is 0 Å². The van der Waals surface area contributed by atoms with Crippen molar-refractivity contribution in [2.75, 3.05) is 44.2 Å². The highest BCUT2D eigenvalue weighted by Crippen LogP contribution is 2.28. The molecule has 0 saturated carbocycles. The van der Waals surface area contributed by atoms with Gasteiger partial charge in [0.15, 0.2) is 0 Å². The van der Waals surface area contributed by atoms with E-state index in [1.165, 1.54) is 22.6 Å². The van der Waals surface area contributed by atoms with E-state index >= 15 is 0 Å². The number of anilines is 1. The van der Waals surface area contributed by atoms with Crippen LogP contribution in [0.25, 0.3) is 0 Å². The van der Waals surface area contributed by atoms with Gasteiger partial charge >= 0.3 is 0 Å². The first-order chi connectivity index (χ1) is 13.6. The third kappa shape index (κ3) is 5.46. The lowest BCUT2D eigenvalue weighted by Crippen LogP contribution is -3.16. The van der Waals surface area contributed by atoms with E-state index < -0.39 is 6.10 Å². The van der Waals surface area contributed by atoms with Crippen LogP contribution in [0.15, 0.2) is 48.5 Å². The molecular weight excluding hydrogens is 355 g/mol. The Morgan fingerprint density at radius 2 is 1.79 bits per heavy atom. The number of halogens is 1.